The Bertz CT molecular complexity index is 1700. The van der Waals surface area contributed by atoms with E-state index in [-0.39, 0.29) is 46.6 Å². The molecule has 3 aromatic rings. The summed E-state index contributed by atoms with van der Waals surface area (Å²) in [4.78, 5) is 52.1. The maximum absolute atomic E-state index is 13.4. The van der Waals surface area contributed by atoms with Crippen LogP contribution in [-0.4, -0.2) is 106 Å². The van der Waals surface area contributed by atoms with Gasteiger partial charge in [0.1, 0.15) is 6.04 Å². The standard InChI is InChI=1S/C30H33Cl2N9O4/c1-33-38-30(41-9-4-5-20(16-41)39(2)3)34-14-24(29(44)45)36-27(42)25-22(31)11-19-15-40(10-8-21(19)26(25)32)28(43)17-6-7-18-13-35-37-23(18)12-17/h6-7,11-13,20,24H,4-5,8-10,14-16H2,2-3H3,(H,34,38)(H,35,37)(H,36,42)(H,44,45)/t20-,24+/m1/s1. The van der Waals surface area contributed by atoms with Crippen molar-refractivity contribution in [2.24, 2.45) is 4.99 Å². The van der Waals surface area contributed by atoms with E-state index >= 15 is 0 Å². The van der Waals surface area contributed by atoms with Gasteiger partial charge in [-0.05, 0) is 62.7 Å². The first kappa shape index (κ1) is 32.0. The number of H-pyrrole nitrogens is 1. The molecule has 1 fully saturated rings. The molecule has 0 bridgehead atoms. The summed E-state index contributed by atoms with van der Waals surface area (Å²) < 4.78 is 0. The monoisotopic (exact) mass is 653 g/mol. The first-order valence-corrected chi connectivity index (χ1v) is 15.2. The van der Waals surface area contributed by atoms with Crippen LogP contribution >= 0.6 is 23.2 Å². The number of piperidine rings is 1. The van der Waals surface area contributed by atoms with E-state index < -0.39 is 17.9 Å². The maximum Gasteiger partial charge on any atom is 0.328 e. The lowest BCUT2D eigenvalue weighted by atomic mass is 9.96. The molecule has 0 saturated carbocycles. The highest BCUT2D eigenvalue weighted by Gasteiger charge is 2.31. The minimum atomic E-state index is -1.40. The number of aliphatic imine (C=N–C) groups is 1. The topological polar surface area (TPSA) is 151 Å². The minimum Gasteiger partial charge on any atom is -0.480 e. The van der Waals surface area contributed by atoms with Crippen LogP contribution in [0.1, 0.15) is 44.7 Å². The number of benzene rings is 2. The number of aliphatic carboxylic acids is 1. The zero-order valence-electron chi connectivity index (χ0n) is 24.8. The van der Waals surface area contributed by atoms with Crippen LogP contribution < -0.4 is 10.7 Å². The van der Waals surface area contributed by atoms with Crippen LogP contribution in [0, 0.1) is 6.57 Å². The van der Waals surface area contributed by atoms with Gasteiger partial charge in [0.05, 0.1) is 33.9 Å². The fourth-order valence-electron chi connectivity index (χ4n) is 5.70. The summed E-state index contributed by atoms with van der Waals surface area (Å²) in [6.45, 7) is 8.85. The predicted octanol–water partition coefficient (Wildman–Crippen LogP) is 3.06. The molecule has 1 aromatic heterocycles. The lowest BCUT2D eigenvalue weighted by Crippen LogP contribution is -2.51. The quantitative estimate of drug-likeness (QED) is 0.132. The van der Waals surface area contributed by atoms with E-state index in [4.69, 9.17) is 29.8 Å². The number of carbonyl (C=O) groups is 3. The molecule has 0 unspecified atom stereocenters. The van der Waals surface area contributed by atoms with E-state index in [2.05, 4.69) is 35.8 Å². The number of carbonyl (C=O) groups excluding carboxylic acids is 2. The highest BCUT2D eigenvalue weighted by Crippen LogP contribution is 2.35. The van der Waals surface area contributed by atoms with Crippen molar-refractivity contribution in [2.75, 3.05) is 40.3 Å². The van der Waals surface area contributed by atoms with Gasteiger partial charge in [-0.25, -0.2) is 9.79 Å². The van der Waals surface area contributed by atoms with Gasteiger partial charge in [-0.2, -0.15) is 16.6 Å². The molecule has 4 N–H and O–H groups in total. The molecule has 3 heterocycles. The average Bonchev–Trinajstić information content (AvgIpc) is 3.50. The number of rotatable bonds is 7. The summed E-state index contributed by atoms with van der Waals surface area (Å²) in [6.07, 6.45) is 3.96. The van der Waals surface area contributed by atoms with Crippen molar-refractivity contribution in [3.8, 4) is 0 Å². The third-order valence-electron chi connectivity index (χ3n) is 8.22. The van der Waals surface area contributed by atoms with Crippen molar-refractivity contribution in [1.29, 1.82) is 0 Å². The molecule has 236 valence electrons. The maximum atomic E-state index is 13.4. The Balaban J connectivity index is 1.30. The number of likely N-dealkylation sites (N-methyl/N-ethyl adjacent to an activating group) is 1. The second kappa shape index (κ2) is 13.7. The molecular weight excluding hydrogens is 621 g/mol. The molecule has 2 aliphatic heterocycles. The van der Waals surface area contributed by atoms with E-state index in [0.29, 0.717) is 42.7 Å². The Kier molecular flexibility index (Phi) is 9.77. The number of nitrogens with one attached hydrogen (secondary N) is 3. The van der Waals surface area contributed by atoms with Crippen LogP contribution in [0.15, 0.2) is 35.5 Å². The second-order valence-corrected chi connectivity index (χ2v) is 12.1. The minimum absolute atomic E-state index is 0.0375. The van der Waals surface area contributed by atoms with E-state index in [9.17, 15) is 19.5 Å². The third kappa shape index (κ3) is 6.98. The summed E-state index contributed by atoms with van der Waals surface area (Å²) in [5, 5.41) is 20.3. The fraction of sp³-hybridized carbons (Fsp3) is 0.400. The van der Waals surface area contributed by atoms with Crippen LogP contribution in [0.25, 0.3) is 15.9 Å². The van der Waals surface area contributed by atoms with Crippen LogP contribution in [0.5, 0.6) is 0 Å². The van der Waals surface area contributed by atoms with Crippen molar-refractivity contribution in [2.45, 2.75) is 37.9 Å². The molecule has 0 aliphatic carbocycles. The third-order valence-corrected chi connectivity index (χ3v) is 8.93. The highest BCUT2D eigenvalue weighted by molar-refractivity contribution is 6.40. The molecule has 2 aliphatic rings. The number of guanidine groups is 1. The summed E-state index contributed by atoms with van der Waals surface area (Å²) in [7, 11) is 3.97. The van der Waals surface area contributed by atoms with Gasteiger partial charge in [0, 0.05) is 43.2 Å². The van der Waals surface area contributed by atoms with Crippen LogP contribution in [0.2, 0.25) is 10.0 Å². The smallest absolute Gasteiger partial charge is 0.328 e. The molecule has 2 amide bonds. The summed E-state index contributed by atoms with van der Waals surface area (Å²) >= 11 is 13.3. The first-order valence-electron chi connectivity index (χ1n) is 14.4. The molecule has 45 heavy (non-hydrogen) atoms. The number of aromatic amines is 1. The molecule has 0 spiro atoms. The van der Waals surface area contributed by atoms with Crippen molar-refractivity contribution in [3.05, 3.63) is 74.3 Å². The summed E-state index contributed by atoms with van der Waals surface area (Å²) in [6, 6.07) is 5.78. The first-order chi connectivity index (χ1) is 21.6. The van der Waals surface area contributed by atoms with Gasteiger partial charge in [-0.3, -0.25) is 14.7 Å². The van der Waals surface area contributed by atoms with Crippen molar-refractivity contribution < 1.29 is 19.5 Å². The Morgan fingerprint density at radius 2 is 2.04 bits per heavy atom. The van der Waals surface area contributed by atoms with Gasteiger partial charge in [-0.1, -0.05) is 34.7 Å². The number of carboxylic acids is 1. The van der Waals surface area contributed by atoms with Crippen LogP contribution in [0.3, 0.4) is 0 Å². The number of fused-ring (bicyclic) bond motifs is 2. The molecular formula is C30H33Cl2N9O4. The summed E-state index contributed by atoms with van der Waals surface area (Å²) in [5.74, 6) is -1.96. The lowest BCUT2D eigenvalue weighted by Gasteiger charge is -2.36. The van der Waals surface area contributed by atoms with Crippen LogP contribution in [0.4, 0.5) is 0 Å². The number of carboxylic acid groups (broad SMARTS) is 1. The highest BCUT2D eigenvalue weighted by atomic mass is 35.5. The van der Waals surface area contributed by atoms with Gasteiger partial charge in [-0.15, -0.1) is 0 Å². The zero-order valence-corrected chi connectivity index (χ0v) is 26.3. The van der Waals surface area contributed by atoms with E-state index in [0.717, 1.165) is 23.7 Å². The van der Waals surface area contributed by atoms with E-state index in [1.807, 2.05) is 25.1 Å². The molecule has 2 atom stereocenters. The molecule has 2 aromatic carbocycles. The van der Waals surface area contributed by atoms with Crippen molar-refractivity contribution in [3.63, 3.8) is 0 Å². The molecule has 13 nitrogen and oxygen atoms in total. The fourth-order valence-corrected chi connectivity index (χ4v) is 6.47. The lowest BCUT2D eigenvalue weighted by molar-refractivity contribution is -0.138. The number of amides is 2. The normalized spacial score (nSPS) is 17.5. The predicted molar refractivity (Wildman–Crippen MR) is 170 cm³/mol. The number of likely N-dealkylation sites (tertiary alicyclic amines) is 1. The van der Waals surface area contributed by atoms with Gasteiger partial charge >= 0.3 is 5.97 Å². The summed E-state index contributed by atoms with van der Waals surface area (Å²) in [5.41, 5.74) is 5.15. The van der Waals surface area contributed by atoms with Gasteiger partial charge in [0.2, 0.25) is 0 Å². The Labute approximate surface area is 269 Å². The zero-order chi connectivity index (χ0) is 32.2. The van der Waals surface area contributed by atoms with Gasteiger partial charge in [0.15, 0.2) is 0 Å². The Morgan fingerprint density at radius 1 is 1.24 bits per heavy atom. The number of aromatic nitrogens is 2. The number of nitrogens with zero attached hydrogens (tertiary/aromatic N) is 6. The number of hydrogen-bond donors (Lipinski definition) is 4. The van der Waals surface area contributed by atoms with E-state index in [1.54, 1.807) is 29.3 Å². The average molecular weight is 655 g/mol. The second-order valence-electron chi connectivity index (χ2n) is 11.3. The van der Waals surface area contributed by atoms with E-state index in [1.165, 1.54) is 0 Å². The largest absolute Gasteiger partial charge is 0.480 e. The van der Waals surface area contributed by atoms with Gasteiger partial charge < -0.3 is 25.1 Å². The SMILES string of the molecule is [C-]#[N+]NC(=NC[C@H](NC(=O)c1c(Cl)cc2c(c1Cl)CCN(C(=O)c1ccc3cn[nH]c3c1)C2)C(=O)O)N1CCC[C@@H](N(C)C)C1. The number of hydrogen-bond acceptors (Lipinski definition) is 6. The molecule has 0 radical (unpaired) electrons. The Hall–Kier alpha value is -4.38. The van der Waals surface area contributed by atoms with Gasteiger partial charge in [0.25, 0.3) is 17.8 Å². The molecule has 15 heteroatoms. The number of halogens is 2. The van der Waals surface area contributed by atoms with Crippen molar-refractivity contribution in [1.82, 2.24) is 35.6 Å². The Morgan fingerprint density at radius 3 is 2.78 bits per heavy atom. The molecule has 1 saturated heterocycles. The van der Waals surface area contributed by atoms with Crippen LogP contribution in [-0.2, 0) is 17.8 Å². The van der Waals surface area contributed by atoms with Crippen molar-refractivity contribution >= 4 is 57.8 Å². The molecule has 5 rings (SSSR count).